The van der Waals surface area contributed by atoms with E-state index in [1.165, 1.54) is 24.9 Å². The summed E-state index contributed by atoms with van der Waals surface area (Å²) < 4.78 is 0. The van der Waals surface area contributed by atoms with Crippen LogP contribution in [0.2, 0.25) is 0 Å². The molecule has 0 radical (unpaired) electrons. The Bertz CT molecular complexity index is 359. The molecule has 0 aromatic carbocycles. The lowest BCUT2D eigenvalue weighted by atomic mass is 10.1. The molecule has 4 heteroatoms. The average molecular weight is 206 g/mol. The summed E-state index contributed by atoms with van der Waals surface area (Å²) in [7, 11) is 0. The lowest BCUT2D eigenvalue weighted by molar-refractivity contribution is 0.0723. The van der Waals surface area contributed by atoms with Gasteiger partial charge in [-0.05, 0) is 25.3 Å². The predicted molar refractivity (Wildman–Crippen MR) is 55.7 cm³/mol. The number of hydrogen-bond acceptors (Lipinski definition) is 3. The van der Waals surface area contributed by atoms with Crippen LogP contribution < -0.4 is 0 Å². The van der Waals surface area contributed by atoms with Crippen molar-refractivity contribution in [3.8, 4) is 5.75 Å². The summed E-state index contributed by atoms with van der Waals surface area (Å²) in [6.07, 6.45) is 6.15. The van der Waals surface area contributed by atoms with Gasteiger partial charge in [-0.3, -0.25) is 9.78 Å². The highest BCUT2D eigenvalue weighted by atomic mass is 16.3. The van der Waals surface area contributed by atoms with Gasteiger partial charge in [0.2, 0.25) is 0 Å². The van der Waals surface area contributed by atoms with Crippen molar-refractivity contribution < 1.29 is 9.90 Å². The maximum Gasteiger partial charge on any atom is 0.255 e. The number of carbonyl (C=O) groups excluding carboxylic acids is 1. The molecule has 15 heavy (non-hydrogen) atoms. The summed E-state index contributed by atoms with van der Waals surface area (Å²) in [4.78, 5) is 17.5. The number of likely N-dealkylation sites (tertiary alicyclic amines) is 1. The molecule has 1 N–H and O–H groups in total. The second-order valence-electron chi connectivity index (χ2n) is 3.78. The maximum atomic E-state index is 11.9. The molecule has 2 heterocycles. The van der Waals surface area contributed by atoms with Crippen molar-refractivity contribution in [1.29, 1.82) is 0 Å². The maximum absolute atomic E-state index is 11.9. The van der Waals surface area contributed by atoms with Gasteiger partial charge in [0.1, 0.15) is 5.75 Å². The summed E-state index contributed by atoms with van der Waals surface area (Å²) in [5, 5.41) is 9.23. The second-order valence-corrected chi connectivity index (χ2v) is 3.78. The van der Waals surface area contributed by atoms with Crippen molar-refractivity contribution in [3.05, 3.63) is 24.0 Å². The van der Waals surface area contributed by atoms with E-state index in [9.17, 15) is 9.90 Å². The molecule has 1 aliphatic heterocycles. The molecule has 1 aliphatic rings. The van der Waals surface area contributed by atoms with Gasteiger partial charge in [-0.25, -0.2) is 0 Å². The van der Waals surface area contributed by atoms with E-state index in [2.05, 4.69) is 4.98 Å². The molecule has 4 nitrogen and oxygen atoms in total. The van der Waals surface area contributed by atoms with Crippen LogP contribution in [-0.2, 0) is 0 Å². The smallest absolute Gasteiger partial charge is 0.255 e. The zero-order valence-electron chi connectivity index (χ0n) is 8.52. The van der Waals surface area contributed by atoms with Gasteiger partial charge in [0.25, 0.3) is 5.91 Å². The Labute approximate surface area is 88.6 Å². The zero-order chi connectivity index (χ0) is 10.7. The number of amides is 1. The minimum absolute atomic E-state index is 0.0295. The van der Waals surface area contributed by atoms with Crippen LogP contribution in [0.5, 0.6) is 5.75 Å². The van der Waals surface area contributed by atoms with Gasteiger partial charge >= 0.3 is 0 Å². The van der Waals surface area contributed by atoms with Gasteiger partial charge in [0.15, 0.2) is 0 Å². The van der Waals surface area contributed by atoms with Crippen LogP contribution in [0.15, 0.2) is 18.5 Å². The van der Waals surface area contributed by atoms with E-state index in [1.54, 1.807) is 0 Å². The highest BCUT2D eigenvalue weighted by Gasteiger charge is 2.18. The van der Waals surface area contributed by atoms with E-state index in [4.69, 9.17) is 0 Å². The fraction of sp³-hybridized carbons (Fsp3) is 0.455. The molecule has 1 saturated heterocycles. The molecule has 0 unspecified atom stereocenters. The Kier molecular flexibility index (Phi) is 2.85. The molecular formula is C11H14N2O2. The standard InChI is InChI=1S/C11H14N2O2/c14-10-6-9(7-12-8-10)11(15)13-4-2-1-3-5-13/h6-8,14H,1-5H2. The number of rotatable bonds is 1. The van der Waals surface area contributed by atoms with Crippen LogP contribution in [0, 0.1) is 0 Å². The van der Waals surface area contributed by atoms with Crippen molar-refractivity contribution in [2.75, 3.05) is 13.1 Å². The number of hydrogen-bond donors (Lipinski definition) is 1. The molecule has 1 amide bonds. The largest absolute Gasteiger partial charge is 0.506 e. The molecule has 1 fully saturated rings. The van der Waals surface area contributed by atoms with Gasteiger partial charge in [0.05, 0.1) is 11.8 Å². The zero-order valence-corrected chi connectivity index (χ0v) is 8.52. The van der Waals surface area contributed by atoms with Crippen LogP contribution in [0.4, 0.5) is 0 Å². The Morgan fingerprint density at radius 3 is 2.67 bits per heavy atom. The molecule has 0 bridgehead atoms. The van der Waals surface area contributed by atoms with E-state index in [1.807, 2.05) is 4.90 Å². The Hall–Kier alpha value is -1.58. The molecule has 2 rings (SSSR count). The topological polar surface area (TPSA) is 53.4 Å². The van der Waals surface area contributed by atoms with Gasteiger partial charge in [0, 0.05) is 19.3 Å². The SMILES string of the molecule is O=C(c1cncc(O)c1)N1CCCCC1. The molecule has 1 aromatic rings. The quantitative estimate of drug-likeness (QED) is 0.756. The van der Waals surface area contributed by atoms with Crippen LogP contribution in [0.3, 0.4) is 0 Å². The van der Waals surface area contributed by atoms with Gasteiger partial charge in [-0.2, -0.15) is 0 Å². The number of aromatic nitrogens is 1. The lowest BCUT2D eigenvalue weighted by Gasteiger charge is -2.26. The minimum atomic E-state index is -0.0295. The molecule has 0 aliphatic carbocycles. The number of pyridine rings is 1. The first-order valence-electron chi connectivity index (χ1n) is 5.20. The third kappa shape index (κ3) is 2.26. The summed E-state index contributed by atoms with van der Waals surface area (Å²) in [6.45, 7) is 1.63. The Balaban J connectivity index is 2.12. The normalized spacial score (nSPS) is 16.4. The minimum Gasteiger partial charge on any atom is -0.506 e. The summed E-state index contributed by atoms with van der Waals surface area (Å²) in [5.74, 6) is 0.0101. The number of aromatic hydroxyl groups is 1. The predicted octanol–water partition coefficient (Wildman–Crippen LogP) is 1.41. The Morgan fingerprint density at radius 2 is 2.00 bits per heavy atom. The van der Waals surface area contributed by atoms with Crippen LogP contribution >= 0.6 is 0 Å². The van der Waals surface area contributed by atoms with Crippen LogP contribution in [0.1, 0.15) is 29.6 Å². The third-order valence-corrected chi connectivity index (χ3v) is 2.61. The van der Waals surface area contributed by atoms with Gasteiger partial charge < -0.3 is 10.0 Å². The third-order valence-electron chi connectivity index (χ3n) is 2.61. The van der Waals surface area contributed by atoms with Crippen LogP contribution in [0.25, 0.3) is 0 Å². The molecule has 0 spiro atoms. The molecule has 80 valence electrons. The molecule has 0 saturated carbocycles. The highest BCUT2D eigenvalue weighted by molar-refractivity contribution is 5.94. The summed E-state index contributed by atoms with van der Waals surface area (Å²) in [5.41, 5.74) is 0.469. The first-order valence-corrected chi connectivity index (χ1v) is 5.20. The van der Waals surface area contributed by atoms with Crippen molar-refractivity contribution in [3.63, 3.8) is 0 Å². The number of carbonyl (C=O) groups is 1. The van der Waals surface area contributed by atoms with Crippen molar-refractivity contribution >= 4 is 5.91 Å². The highest BCUT2D eigenvalue weighted by Crippen LogP contribution is 2.15. The summed E-state index contributed by atoms with van der Waals surface area (Å²) in [6, 6.07) is 1.46. The first-order chi connectivity index (χ1) is 7.27. The number of nitrogens with zero attached hydrogens (tertiary/aromatic N) is 2. The fourth-order valence-electron chi connectivity index (χ4n) is 1.82. The van der Waals surface area contributed by atoms with Crippen LogP contribution in [-0.4, -0.2) is 34.0 Å². The monoisotopic (exact) mass is 206 g/mol. The first kappa shape index (κ1) is 9.96. The van der Waals surface area contributed by atoms with Gasteiger partial charge in [-0.1, -0.05) is 0 Å². The van der Waals surface area contributed by atoms with Crippen molar-refractivity contribution in [1.82, 2.24) is 9.88 Å². The fourth-order valence-corrected chi connectivity index (χ4v) is 1.82. The summed E-state index contributed by atoms with van der Waals surface area (Å²) >= 11 is 0. The van der Waals surface area contributed by atoms with Crippen molar-refractivity contribution in [2.45, 2.75) is 19.3 Å². The second kappa shape index (κ2) is 4.29. The molecular weight excluding hydrogens is 192 g/mol. The van der Waals surface area contributed by atoms with E-state index < -0.39 is 0 Å². The Morgan fingerprint density at radius 1 is 1.27 bits per heavy atom. The van der Waals surface area contributed by atoms with E-state index in [0.717, 1.165) is 25.9 Å². The van der Waals surface area contributed by atoms with Crippen molar-refractivity contribution in [2.24, 2.45) is 0 Å². The lowest BCUT2D eigenvalue weighted by Crippen LogP contribution is -2.35. The van der Waals surface area contributed by atoms with E-state index in [-0.39, 0.29) is 11.7 Å². The molecule has 0 atom stereocenters. The van der Waals surface area contributed by atoms with Gasteiger partial charge in [-0.15, -0.1) is 0 Å². The van der Waals surface area contributed by atoms with E-state index in [0.29, 0.717) is 5.56 Å². The van der Waals surface area contributed by atoms with E-state index >= 15 is 0 Å². The average Bonchev–Trinajstić information content (AvgIpc) is 2.29. The number of piperidine rings is 1. The molecule has 1 aromatic heterocycles.